The average Bonchev–Trinajstić information content (AvgIpc) is 3.08. The highest BCUT2D eigenvalue weighted by molar-refractivity contribution is 7.92. The van der Waals surface area contributed by atoms with Crippen LogP contribution in [0.5, 0.6) is 0 Å². The molecule has 3 aromatic rings. The zero-order valence-corrected chi connectivity index (χ0v) is 20.4. The number of nitrogens with zero attached hydrogens (tertiary/aromatic N) is 3. The maximum Gasteiger partial charge on any atom is 0.271 e. The molecule has 10 heteroatoms. The van der Waals surface area contributed by atoms with Crippen LogP contribution in [-0.2, 0) is 17.1 Å². The third-order valence-corrected chi connectivity index (χ3v) is 6.92. The summed E-state index contributed by atoms with van der Waals surface area (Å²) in [4.78, 5) is 13.2. The Morgan fingerprint density at radius 1 is 1.12 bits per heavy atom. The molecule has 2 aromatic carbocycles. The molecule has 1 heterocycles. The minimum Gasteiger partial charge on any atom is -0.348 e. The van der Waals surface area contributed by atoms with Crippen molar-refractivity contribution >= 4 is 21.6 Å². The van der Waals surface area contributed by atoms with E-state index >= 15 is 0 Å². The lowest BCUT2D eigenvalue weighted by Gasteiger charge is -2.28. The van der Waals surface area contributed by atoms with Crippen molar-refractivity contribution < 1.29 is 17.6 Å². The van der Waals surface area contributed by atoms with Crippen molar-refractivity contribution in [1.82, 2.24) is 15.1 Å². The fraction of sp³-hybridized carbons (Fsp3) is 0.292. The number of hydrogen-bond acceptors (Lipinski definition) is 5. The Kier molecular flexibility index (Phi) is 6.79. The molecule has 2 N–H and O–H groups in total. The highest BCUT2D eigenvalue weighted by atomic mass is 32.2. The molecule has 0 fully saturated rings. The first kappa shape index (κ1) is 24.9. The van der Waals surface area contributed by atoms with E-state index in [1.54, 1.807) is 0 Å². The van der Waals surface area contributed by atoms with Crippen LogP contribution in [0.25, 0.3) is 11.3 Å². The zero-order valence-electron chi connectivity index (χ0n) is 19.5. The number of nitriles is 1. The van der Waals surface area contributed by atoms with Gasteiger partial charge in [0.2, 0.25) is 0 Å². The Bertz CT molecular complexity index is 1350. The number of benzene rings is 2. The van der Waals surface area contributed by atoms with Gasteiger partial charge in [-0.15, -0.1) is 0 Å². The zero-order chi connectivity index (χ0) is 25.3. The van der Waals surface area contributed by atoms with Gasteiger partial charge in [0.25, 0.3) is 15.9 Å². The maximum absolute atomic E-state index is 13.5. The summed E-state index contributed by atoms with van der Waals surface area (Å²) in [6, 6.07) is 12.4. The number of halogens is 1. The maximum atomic E-state index is 13.5. The summed E-state index contributed by atoms with van der Waals surface area (Å²) in [5.74, 6) is -0.973. The first-order valence-corrected chi connectivity index (χ1v) is 12.0. The van der Waals surface area contributed by atoms with Crippen LogP contribution in [0, 0.1) is 22.6 Å². The topological polar surface area (TPSA) is 117 Å². The Labute approximate surface area is 198 Å². The average molecular weight is 484 g/mol. The Hall–Kier alpha value is -3.71. The van der Waals surface area contributed by atoms with Crippen molar-refractivity contribution in [3.63, 3.8) is 0 Å². The second-order valence-corrected chi connectivity index (χ2v) is 10.7. The van der Waals surface area contributed by atoms with Crippen molar-refractivity contribution in [2.24, 2.45) is 12.5 Å². The van der Waals surface area contributed by atoms with E-state index in [0.717, 1.165) is 0 Å². The third-order valence-electron chi connectivity index (χ3n) is 5.56. The number of nitrogens with one attached hydrogen (secondary N) is 2. The van der Waals surface area contributed by atoms with E-state index in [1.165, 1.54) is 60.3 Å². The number of sulfonamides is 1. The molecule has 1 atom stereocenters. The molecule has 0 spiro atoms. The van der Waals surface area contributed by atoms with Crippen LogP contribution >= 0.6 is 0 Å². The predicted octanol–water partition coefficient (Wildman–Crippen LogP) is 4.06. The van der Waals surface area contributed by atoms with Gasteiger partial charge < -0.3 is 5.32 Å². The monoisotopic (exact) mass is 483 g/mol. The van der Waals surface area contributed by atoms with Gasteiger partial charge in [-0.3, -0.25) is 14.2 Å². The number of amides is 1. The van der Waals surface area contributed by atoms with Crippen LogP contribution < -0.4 is 10.0 Å². The second kappa shape index (κ2) is 9.27. The smallest absolute Gasteiger partial charge is 0.271 e. The van der Waals surface area contributed by atoms with Crippen molar-refractivity contribution in [2.45, 2.75) is 38.6 Å². The number of rotatable bonds is 6. The van der Waals surface area contributed by atoms with Gasteiger partial charge in [-0.25, -0.2) is 12.8 Å². The van der Waals surface area contributed by atoms with Gasteiger partial charge in [0, 0.05) is 18.7 Å². The largest absolute Gasteiger partial charge is 0.348 e. The summed E-state index contributed by atoms with van der Waals surface area (Å²) in [6.45, 7) is 7.77. The first-order valence-electron chi connectivity index (χ1n) is 10.5. The quantitative estimate of drug-likeness (QED) is 0.548. The summed E-state index contributed by atoms with van der Waals surface area (Å²) in [6.07, 6.45) is 0. The Morgan fingerprint density at radius 2 is 1.71 bits per heavy atom. The van der Waals surface area contributed by atoms with E-state index in [0.29, 0.717) is 11.1 Å². The summed E-state index contributed by atoms with van der Waals surface area (Å²) < 4.78 is 43.6. The van der Waals surface area contributed by atoms with Crippen molar-refractivity contribution in [3.8, 4) is 17.3 Å². The molecule has 0 bridgehead atoms. The number of hydrogen-bond donors (Lipinski definition) is 2. The van der Waals surface area contributed by atoms with E-state index in [4.69, 9.17) is 5.26 Å². The van der Waals surface area contributed by atoms with Gasteiger partial charge in [0.05, 0.1) is 16.5 Å². The predicted molar refractivity (Wildman–Crippen MR) is 127 cm³/mol. The number of anilines is 1. The molecular formula is C24H26FN5O3S. The van der Waals surface area contributed by atoms with Crippen LogP contribution in [0.2, 0.25) is 0 Å². The highest BCUT2D eigenvalue weighted by Gasteiger charge is 2.30. The third kappa shape index (κ3) is 5.26. The molecule has 8 nitrogen and oxygen atoms in total. The summed E-state index contributed by atoms with van der Waals surface area (Å²) in [5, 5.41) is 16.3. The lowest BCUT2D eigenvalue weighted by molar-refractivity contribution is 0.0901. The molecule has 0 radical (unpaired) electrons. The number of carbonyl (C=O) groups is 1. The highest BCUT2D eigenvalue weighted by Crippen LogP contribution is 2.33. The fourth-order valence-corrected chi connectivity index (χ4v) is 4.15. The minimum atomic E-state index is -4.14. The summed E-state index contributed by atoms with van der Waals surface area (Å²) in [5.41, 5.74) is 0.648. The normalized spacial score (nSPS) is 12.6. The van der Waals surface area contributed by atoms with Crippen molar-refractivity contribution in [1.29, 1.82) is 5.26 Å². The van der Waals surface area contributed by atoms with Gasteiger partial charge in [0.15, 0.2) is 5.69 Å². The summed E-state index contributed by atoms with van der Waals surface area (Å²) in [7, 11) is -2.61. The molecule has 34 heavy (non-hydrogen) atoms. The lowest BCUT2D eigenvalue weighted by atomic mass is 9.88. The molecule has 0 aliphatic heterocycles. The van der Waals surface area contributed by atoms with Gasteiger partial charge in [-0.2, -0.15) is 10.4 Å². The molecule has 0 saturated carbocycles. The lowest BCUT2D eigenvalue weighted by Crippen LogP contribution is -2.42. The van der Waals surface area contributed by atoms with Crippen LogP contribution in [0.4, 0.5) is 10.1 Å². The second-order valence-electron chi connectivity index (χ2n) is 9.01. The molecule has 0 saturated heterocycles. The van der Waals surface area contributed by atoms with Crippen LogP contribution in [0.15, 0.2) is 53.4 Å². The van der Waals surface area contributed by atoms with Gasteiger partial charge in [0.1, 0.15) is 17.2 Å². The molecule has 0 aliphatic rings. The van der Waals surface area contributed by atoms with Gasteiger partial charge >= 0.3 is 0 Å². The number of carbonyl (C=O) groups excluding carboxylic acids is 1. The molecule has 1 amide bonds. The van der Waals surface area contributed by atoms with Gasteiger partial charge in [-0.05, 0) is 60.9 Å². The molecule has 0 aliphatic carbocycles. The van der Waals surface area contributed by atoms with Crippen molar-refractivity contribution in [2.75, 3.05) is 4.72 Å². The van der Waals surface area contributed by atoms with Gasteiger partial charge in [-0.1, -0.05) is 20.8 Å². The first-order chi connectivity index (χ1) is 15.8. The van der Waals surface area contributed by atoms with E-state index in [2.05, 4.69) is 15.1 Å². The van der Waals surface area contributed by atoms with Crippen LogP contribution in [0.1, 0.15) is 43.7 Å². The molecule has 3 rings (SSSR count). The van der Waals surface area contributed by atoms with E-state index in [-0.39, 0.29) is 33.4 Å². The minimum absolute atomic E-state index is 0.00708. The number of aromatic nitrogens is 2. The number of aryl methyl sites for hydroxylation is 1. The molecular weight excluding hydrogens is 457 g/mol. The Morgan fingerprint density at radius 3 is 2.24 bits per heavy atom. The van der Waals surface area contributed by atoms with E-state index in [1.807, 2.05) is 33.8 Å². The van der Waals surface area contributed by atoms with E-state index in [9.17, 15) is 17.6 Å². The molecule has 0 unspecified atom stereocenters. The molecule has 178 valence electrons. The standard InChI is InChI=1S/C24H26FN5O3S/c1-15(24(2,3)4)27-23(31)22-21(20(28-30(22)5)17-8-10-18(25)11-9-17)29-34(32,33)19-12-6-16(14-26)7-13-19/h6-13,15,29H,1-5H3,(H,27,31)/t15-/m0/s1. The SMILES string of the molecule is C[C@H](NC(=O)c1c(NS(=O)(=O)c2ccc(C#N)cc2)c(-c2ccc(F)cc2)nn1C)C(C)(C)C. The van der Waals surface area contributed by atoms with Crippen LogP contribution in [0.3, 0.4) is 0 Å². The fourth-order valence-electron chi connectivity index (χ4n) is 3.07. The van der Waals surface area contributed by atoms with Crippen LogP contribution in [-0.4, -0.2) is 30.1 Å². The Balaban J connectivity index is 2.12. The summed E-state index contributed by atoms with van der Waals surface area (Å²) >= 11 is 0. The molecule has 1 aromatic heterocycles. The van der Waals surface area contributed by atoms with E-state index < -0.39 is 21.7 Å². The van der Waals surface area contributed by atoms with Crippen molar-refractivity contribution in [3.05, 3.63) is 65.6 Å².